The molecule has 2 N–H and O–H groups in total. The summed E-state index contributed by atoms with van der Waals surface area (Å²) in [6, 6.07) is 11.9. The van der Waals surface area contributed by atoms with Crippen LogP contribution in [0.3, 0.4) is 0 Å². The first kappa shape index (κ1) is 11.6. The number of nitrogens with two attached hydrogens (primary N) is 1. The van der Waals surface area contributed by atoms with E-state index in [1.54, 1.807) is 6.26 Å². The lowest BCUT2D eigenvalue weighted by Gasteiger charge is -2.13. The minimum Gasteiger partial charge on any atom is -0.464 e. The minimum atomic E-state index is 0.485. The Bertz CT molecular complexity index is 718. The van der Waals surface area contributed by atoms with Crippen molar-refractivity contribution in [3.63, 3.8) is 0 Å². The van der Waals surface area contributed by atoms with Gasteiger partial charge in [-0.3, -0.25) is 0 Å². The van der Waals surface area contributed by atoms with Gasteiger partial charge in [0.1, 0.15) is 11.6 Å². The van der Waals surface area contributed by atoms with Gasteiger partial charge < -0.3 is 15.1 Å². The van der Waals surface area contributed by atoms with Gasteiger partial charge in [0, 0.05) is 25.2 Å². The van der Waals surface area contributed by atoms with Crippen molar-refractivity contribution in [1.82, 2.24) is 4.98 Å². The van der Waals surface area contributed by atoms with E-state index in [9.17, 15) is 0 Å². The van der Waals surface area contributed by atoms with Crippen LogP contribution in [0.15, 0.2) is 47.1 Å². The number of rotatable bonds is 2. The second-order valence-corrected chi connectivity index (χ2v) is 4.67. The summed E-state index contributed by atoms with van der Waals surface area (Å²) in [5, 5.41) is 1.05. The van der Waals surface area contributed by atoms with Crippen LogP contribution in [-0.4, -0.2) is 19.1 Å². The molecule has 2 heterocycles. The molecule has 0 saturated heterocycles. The average molecular weight is 253 g/mol. The molecule has 4 nitrogen and oxygen atoms in total. The van der Waals surface area contributed by atoms with Gasteiger partial charge in [-0.25, -0.2) is 4.98 Å². The Balaban J connectivity index is 2.19. The normalized spacial score (nSPS) is 10.8. The van der Waals surface area contributed by atoms with E-state index in [-0.39, 0.29) is 0 Å². The van der Waals surface area contributed by atoms with Crippen molar-refractivity contribution >= 4 is 22.4 Å². The topological polar surface area (TPSA) is 55.3 Å². The number of pyridine rings is 1. The molecule has 0 aliphatic carbocycles. The van der Waals surface area contributed by atoms with E-state index >= 15 is 0 Å². The van der Waals surface area contributed by atoms with Crippen LogP contribution in [0.5, 0.6) is 0 Å². The van der Waals surface area contributed by atoms with Gasteiger partial charge in [0.25, 0.3) is 0 Å². The molecule has 0 atom stereocenters. The highest BCUT2D eigenvalue weighted by atomic mass is 16.3. The molecule has 3 aromatic rings. The Hall–Kier alpha value is -2.49. The fourth-order valence-electron chi connectivity index (χ4n) is 2.08. The van der Waals surface area contributed by atoms with Gasteiger partial charge in [-0.05, 0) is 30.3 Å². The highest BCUT2D eigenvalue weighted by Gasteiger charge is 2.09. The first-order valence-electron chi connectivity index (χ1n) is 6.06. The number of fused-ring (bicyclic) bond motifs is 1. The highest BCUT2D eigenvalue weighted by Crippen LogP contribution is 2.29. The molecule has 0 fully saturated rings. The van der Waals surface area contributed by atoms with Crippen molar-refractivity contribution in [2.75, 3.05) is 24.7 Å². The zero-order chi connectivity index (χ0) is 13.4. The third-order valence-electron chi connectivity index (χ3n) is 3.13. The number of furan rings is 1. The smallest absolute Gasteiger partial charge is 0.137 e. The summed E-state index contributed by atoms with van der Waals surface area (Å²) in [4.78, 5) is 6.51. The fourth-order valence-corrected chi connectivity index (χ4v) is 2.08. The molecular formula is C15H15N3O. The summed E-state index contributed by atoms with van der Waals surface area (Å²) in [5.74, 6) is 1.22. The number of benzene rings is 1. The molecule has 4 heteroatoms. The maximum Gasteiger partial charge on any atom is 0.137 e. The average Bonchev–Trinajstić information content (AvgIpc) is 2.90. The van der Waals surface area contributed by atoms with E-state index < -0.39 is 0 Å². The van der Waals surface area contributed by atoms with E-state index in [2.05, 4.69) is 11.1 Å². The Morgan fingerprint density at radius 2 is 2.00 bits per heavy atom. The largest absolute Gasteiger partial charge is 0.464 e. The van der Waals surface area contributed by atoms with E-state index in [1.165, 1.54) is 0 Å². The summed E-state index contributed by atoms with van der Waals surface area (Å²) in [7, 11) is 4.00. The predicted molar refractivity (Wildman–Crippen MR) is 78.2 cm³/mol. The second kappa shape index (κ2) is 4.31. The Kier molecular flexibility index (Phi) is 2.63. The molecule has 0 radical (unpaired) electrons. The Labute approximate surface area is 111 Å². The molecule has 0 saturated carbocycles. The van der Waals surface area contributed by atoms with Crippen LogP contribution in [0, 0.1) is 0 Å². The van der Waals surface area contributed by atoms with Crippen LogP contribution in [0.4, 0.5) is 11.5 Å². The molecule has 1 aromatic carbocycles. The molecule has 19 heavy (non-hydrogen) atoms. The van der Waals surface area contributed by atoms with Crippen LogP contribution >= 0.6 is 0 Å². The lowest BCUT2D eigenvalue weighted by molar-refractivity contribution is 0.582. The summed E-state index contributed by atoms with van der Waals surface area (Å²) in [6.45, 7) is 0. The summed E-state index contributed by atoms with van der Waals surface area (Å²) >= 11 is 0. The molecule has 0 bridgehead atoms. The van der Waals surface area contributed by atoms with Crippen LogP contribution in [0.25, 0.3) is 22.2 Å². The van der Waals surface area contributed by atoms with Gasteiger partial charge in [-0.15, -0.1) is 0 Å². The van der Waals surface area contributed by atoms with E-state index in [0.717, 1.165) is 27.9 Å². The Morgan fingerprint density at radius 3 is 2.68 bits per heavy atom. The van der Waals surface area contributed by atoms with Gasteiger partial charge >= 0.3 is 0 Å². The molecule has 0 spiro atoms. The molecule has 96 valence electrons. The zero-order valence-electron chi connectivity index (χ0n) is 10.9. The number of anilines is 2. The molecule has 0 unspecified atom stereocenters. The minimum absolute atomic E-state index is 0.485. The van der Waals surface area contributed by atoms with Gasteiger partial charge in [-0.2, -0.15) is 0 Å². The molecular weight excluding hydrogens is 238 g/mol. The van der Waals surface area contributed by atoms with Gasteiger partial charge in [-0.1, -0.05) is 6.07 Å². The van der Waals surface area contributed by atoms with E-state index in [4.69, 9.17) is 10.2 Å². The highest BCUT2D eigenvalue weighted by molar-refractivity contribution is 5.89. The monoisotopic (exact) mass is 253 g/mol. The van der Waals surface area contributed by atoms with Crippen molar-refractivity contribution in [3.05, 3.63) is 42.7 Å². The Morgan fingerprint density at radius 1 is 1.16 bits per heavy atom. The van der Waals surface area contributed by atoms with Crippen LogP contribution < -0.4 is 10.6 Å². The van der Waals surface area contributed by atoms with Crippen molar-refractivity contribution < 1.29 is 4.42 Å². The number of aromatic nitrogens is 1. The maximum absolute atomic E-state index is 6.02. The quantitative estimate of drug-likeness (QED) is 0.762. The lowest BCUT2D eigenvalue weighted by Crippen LogP contribution is -2.08. The number of nitrogens with zero attached hydrogens (tertiary/aromatic N) is 2. The van der Waals surface area contributed by atoms with Crippen molar-refractivity contribution in [3.8, 4) is 11.3 Å². The maximum atomic E-state index is 6.02. The SMILES string of the molecule is CN(C)c1ccc2cc(-c3ccco3)c(N)nc2c1. The third kappa shape index (κ3) is 2.01. The van der Waals surface area contributed by atoms with Gasteiger partial charge in [0.2, 0.25) is 0 Å². The summed E-state index contributed by atoms with van der Waals surface area (Å²) in [6.07, 6.45) is 1.63. The first-order chi connectivity index (χ1) is 9.15. The van der Waals surface area contributed by atoms with Gasteiger partial charge in [0.05, 0.1) is 17.3 Å². The fraction of sp³-hybridized carbons (Fsp3) is 0.133. The molecule has 0 aliphatic rings. The van der Waals surface area contributed by atoms with E-state index in [1.807, 2.05) is 49.3 Å². The van der Waals surface area contributed by atoms with Crippen molar-refractivity contribution in [2.45, 2.75) is 0 Å². The standard InChI is InChI=1S/C15H15N3O/c1-18(2)11-6-5-10-8-12(14-4-3-7-19-14)15(16)17-13(10)9-11/h3-9H,1-2H3,(H2,16,17). The van der Waals surface area contributed by atoms with Crippen LogP contribution in [0.1, 0.15) is 0 Å². The van der Waals surface area contributed by atoms with Crippen LogP contribution in [0.2, 0.25) is 0 Å². The van der Waals surface area contributed by atoms with Crippen LogP contribution in [-0.2, 0) is 0 Å². The first-order valence-corrected chi connectivity index (χ1v) is 6.06. The summed E-state index contributed by atoms with van der Waals surface area (Å²) < 4.78 is 5.38. The number of hydrogen-bond acceptors (Lipinski definition) is 4. The summed E-state index contributed by atoms with van der Waals surface area (Å²) in [5.41, 5.74) is 8.84. The van der Waals surface area contributed by atoms with Crippen molar-refractivity contribution in [1.29, 1.82) is 0 Å². The van der Waals surface area contributed by atoms with Gasteiger partial charge in [0.15, 0.2) is 0 Å². The number of hydrogen-bond donors (Lipinski definition) is 1. The molecule has 0 amide bonds. The zero-order valence-corrected chi connectivity index (χ0v) is 10.9. The third-order valence-corrected chi connectivity index (χ3v) is 3.13. The predicted octanol–water partition coefficient (Wildman–Crippen LogP) is 3.14. The second-order valence-electron chi connectivity index (χ2n) is 4.67. The van der Waals surface area contributed by atoms with Crippen molar-refractivity contribution in [2.24, 2.45) is 0 Å². The molecule has 2 aromatic heterocycles. The molecule has 0 aliphatic heterocycles. The number of nitrogen functional groups attached to an aromatic ring is 1. The lowest BCUT2D eigenvalue weighted by atomic mass is 10.1. The molecule has 3 rings (SSSR count). The van der Waals surface area contributed by atoms with E-state index in [0.29, 0.717) is 5.82 Å².